The third-order valence-corrected chi connectivity index (χ3v) is 6.38. The van der Waals surface area contributed by atoms with E-state index in [0.717, 1.165) is 4.96 Å². The van der Waals surface area contributed by atoms with Crippen LogP contribution in [0, 0.1) is 6.92 Å². The van der Waals surface area contributed by atoms with Crippen LogP contribution in [0.1, 0.15) is 22.6 Å². The summed E-state index contributed by atoms with van der Waals surface area (Å²) < 4.78 is 25.2. The van der Waals surface area contributed by atoms with Gasteiger partial charge in [0.15, 0.2) is 14.8 Å². The number of hydrogen-bond acceptors (Lipinski definition) is 5. The molecule has 0 bridgehead atoms. The van der Waals surface area contributed by atoms with Gasteiger partial charge in [0.05, 0.1) is 17.2 Å². The summed E-state index contributed by atoms with van der Waals surface area (Å²) in [6.45, 7) is 5.81. The van der Waals surface area contributed by atoms with Crippen LogP contribution in [0.2, 0.25) is 0 Å². The van der Waals surface area contributed by atoms with Gasteiger partial charge in [-0.05, 0) is 13.3 Å². The van der Waals surface area contributed by atoms with Crippen molar-refractivity contribution in [2.75, 3.05) is 18.1 Å². The third-order valence-electron chi connectivity index (χ3n) is 3.87. The molecule has 6 nitrogen and oxygen atoms in total. The van der Waals surface area contributed by atoms with Crippen LogP contribution in [0.5, 0.6) is 0 Å². The molecule has 0 N–H and O–H groups in total. The zero-order valence-corrected chi connectivity index (χ0v) is 13.9. The van der Waals surface area contributed by atoms with Gasteiger partial charge in [0.25, 0.3) is 5.91 Å². The molecule has 3 heterocycles. The second-order valence-electron chi connectivity index (χ2n) is 5.40. The third kappa shape index (κ3) is 2.56. The highest BCUT2D eigenvalue weighted by atomic mass is 32.2. The first-order valence-electron chi connectivity index (χ1n) is 6.97. The fourth-order valence-corrected chi connectivity index (χ4v) is 5.34. The molecule has 0 radical (unpaired) electrons. The number of aromatic nitrogens is 2. The Morgan fingerprint density at radius 1 is 1.64 bits per heavy atom. The van der Waals surface area contributed by atoms with Crippen molar-refractivity contribution in [2.45, 2.75) is 19.4 Å². The summed E-state index contributed by atoms with van der Waals surface area (Å²) >= 11 is 1.46. The normalized spacial score (nSPS) is 20.3. The van der Waals surface area contributed by atoms with Crippen molar-refractivity contribution >= 4 is 32.0 Å². The number of aryl methyl sites for hydroxylation is 1. The minimum absolute atomic E-state index is 0.0250. The van der Waals surface area contributed by atoms with Crippen LogP contribution in [0.4, 0.5) is 0 Å². The Hall–Kier alpha value is -1.67. The standard InChI is InChI=1S/C14H17N3O3S2/c1-3-5-16(11-4-8-22(19,20)9-11)13(18)12-10(2)15-14-17(12)6-7-21-14/h3,6-7,11H,1,4-5,8-9H2,2H3. The van der Waals surface area contributed by atoms with Crippen LogP contribution in [-0.2, 0) is 9.84 Å². The average Bonchev–Trinajstić information content (AvgIpc) is 3.09. The van der Waals surface area contributed by atoms with E-state index in [9.17, 15) is 13.2 Å². The topological polar surface area (TPSA) is 71.8 Å². The Labute approximate surface area is 133 Å². The van der Waals surface area contributed by atoms with Crippen molar-refractivity contribution in [3.05, 3.63) is 35.6 Å². The van der Waals surface area contributed by atoms with Gasteiger partial charge in [0, 0.05) is 24.2 Å². The second kappa shape index (κ2) is 5.51. The number of carbonyl (C=O) groups is 1. The van der Waals surface area contributed by atoms with Crippen molar-refractivity contribution in [1.82, 2.24) is 14.3 Å². The highest BCUT2D eigenvalue weighted by Crippen LogP contribution is 2.23. The van der Waals surface area contributed by atoms with E-state index in [4.69, 9.17) is 0 Å². The van der Waals surface area contributed by atoms with E-state index in [1.165, 1.54) is 11.3 Å². The largest absolute Gasteiger partial charge is 0.330 e. The molecule has 0 spiro atoms. The van der Waals surface area contributed by atoms with Crippen LogP contribution in [-0.4, -0.2) is 52.7 Å². The summed E-state index contributed by atoms with van der Waals surface area (Å²) in [5.41, 5.74) is 1.16. The molecule has 1 amide bonds. The smallest absolute Gasteiger partial charge is 0.273 e. The molecule has 22 heavy (non-hydrogen) atoms. The first-order chi connectivity index (χ1) is 10.4. The van der Waals surface area contributed by atoms with Crippen molar-refractivity contribution in [3.63, 3.8) is 0 Å². The van der Waals surface area contributed by atoms with Crippen molar-refractivity contribution in [1.29, 1.82) is 0 Å². The highest BCUT2D eigenvalue weighted by Gasteiger charge is 2.35. The van der Waals surface area contributed by atoms with Gasteiger partial charge in [-0.3, -0.25) is 9.20 Å². The Balaban J connectivity index is 1.98. The number of rotatable bonds is 4. The Morgan fingerprint density at radius 3 is 3.05 bits per heavy atom. The minimum atomic E-state index is -3.05. The Morgan fingerprint density at radius 2 is 2.41 bits per heavy atom. The van der Waals surface area contributed by atoms with Crippen molar-refractivity contribution in [2.24, 2.45) is 0 Å². The predicted octanol–water partition coefficient (Wildman–Crippen LogP) is 1.52. The summed E-state index contributed by atoms with van der Waals surface area (Å²) in [4.78, 5) is 19.7. The lowest BCUT2D eigenvalue weighted by Crippen LogP contribution is -2.42. The van der Waals surface area contributed by atoms with E-state index in [-0.39, 0.29) is 23.5 Å². The quantitative estimate of drug-likeness (QED) is 0.792. The Kier molecular flexibility index (Phi) is 3.82. The first kappa shape index (κ1) is 15.2. The lowest BCUT2D eigenvalue weighted by Gasteiger charge is -2.27. The molecule has 1 saturated heterocycles. The molecule has 1 aliphatic heterocycles. The zero-order valence-electron chi connectivity index (χ0n) is 12.2. The SMILES string of the molecule is C=CCN(C(=O)c1c(C)nc2sccn12)C1CCS(=O)(=O)C1. The Bertz CT molecular complexity index is 835. The van der Waals surface area contributed by atoms with Gasteiger partial charge in [0.1, 0.15) is 5.69 Å². The molecule has 0 aliphatic carbocycles. The average molecular weight is 339 g/mol. The maximum absolute atomic E-state index is 13.0. The molecule has 1 unspecified atom stereocenters. The lowest BCUT2D eigenvalue weighted by atomic mass is 10.2. The zero-order chi connectivity index (χ0) is 15.9. The van der Waals surface area contributed by atoms with Crippen LogP contribution >= 0.6 is 11.3 Å². The fourth-order valence-electron chi connectivity index (χ4n) is 2.85. The van der Waals surface area contributed by atoms with Crippen LogP contribution < -0.4 is 0 Å². The molecule has 2 aromatic heterocycles. The minimum Gasteiger partial charge on any atom is -0.330 e. The van der Waals surface area contributed by atoms with Gasteiger partial charge in [-0.25, -0.2) is 13.4 Å². The van der Waals surface area contributed by atoms with Gasteiger partial charge in [-0.2, -0.15) is 0 Å². The molecular formula is C14H17N3O3S2. The number of carbonyl (C=O) groups excluding carboxylic acids is 1. The number of fused-ring (bicyclic) bond motifs is 1. The summed E-state index contributed by atoms with van der Waals surface area (Å²) in [6.07, 6.45) is 3.92. The molecule has 1 aliphatic rings. The van der Waals surface area contributed by atoms with Crippen molar-refractivity contribution < 1.29 is 13.2 Å². The number of thiazole rings is 1. The van der Waals surface area contributed by atoms with Crippen LogP contribution in [0.3, 0.4) is 0 Å². The molecule has 2 aromatic rings. The maximum Gasteiger partial charge on any atom is 0.273 e. The fraction of sp³-hybridized carbons (Fsp3) is 0.429. The highest BCUT2D eigenvalue weighted by molar-refractivity contribution is 7.91. The first-order valence-corrected chi connectivity index (χ1v) is 9.67. The summed E-state index contributed by atoms with van der Waals surface area (Å²) in [5, 5.41) is 1.87. The molecule has 3 rings (SSSR count). The van der Waals surface area contributed by atoms with E-state index in [1.54, 1.807) is 22.3 Å². The van der Waals surface area contributed by atoms with Gasteiger partial charge in [-0.1, -0.05) is 6.08 Å². The van der Waals surface area contributed by atoms with Crippen molar-refractivity contribution in [3.8, 4) is 0 Å². The summed E-state index contributed by atoms with van der Waals surface area (Å²) in [7, 11) is -3.05. The molecule has 0 aromatic carbocycles. The molecule has 0 saturated carbocycles. The molecule has 8 heteroatoms. The van der Waals surface area contributed by atoms with Gasteiger partial charge in [0.2, 0.25) is 0 Å². The molecule has 1 fully saturated rings. The van der Waals surface area contributed by atoms with Gasteiger partial charge in [-0.15, -0.1) is 17.9 Å². The number of nitrogens with zero attached hydrogens (tertiary/aromatic N) is 3. The van der Waals surface area contributed by atoms with Crippen LogP contribution in [0.25, 0.3) is 4.96 Å². The van der Waals surface area contributed by atoms with Gasteiger partial charge >= 0.3 is 0 Å². The van der Waals surface area contributed by atoms with E-state index < -0.39 is 9.84 Å². The second-order valence-corrected chi connectivity index (χ2v) is 8.51. The predicted molar refractivity (Wildman–Crippen MR) is 86.1 cm³/mol. The van der Waals surface area contributed by atoms with E-state index >= 15 is 0 Å². The molecule has 1 atom stereocenters. The number of amides is 1. The monoisotopic (exact) mass is 339 g/mol. The molecule has 118 valence electrons. The van der Waals surface area contributed by atoms with E-state index in [2.05, 4.69) is 11.6 Å². The van der Waals surface area contributed by atoms with Crippen LogP contribution in [0.15, 0.2) is 24.2 Å². The number of hydrogen-bond donors (Lipinski definition) is 0. The number of sulfone groups is 1. The van der Waals surface area contributed by atoms with E-state index in [0.29, 0.717) is 24.4 Å². The molecular weight excluding hydrogens is 322 g/mol. The summed E-state index contributed by atoms with van der Waals surface area (Å²) in [5.74, 6) is -0.0277. The number of imidazole rings is 1. The maximum atomic E-state index is 13.0. The summed E-state index contributed by atoms with van der Waals surface area (Å²) in [6, 6.07) is -0.293. The van der Waals surface area contributed by atoms with Gasteiger partial charge < -0.3 is 4.90 Å². The van der Waals surface area contributed by atoms with E-state index in [1.807, 2.05) is 11.6 Å². The lowest BCUT2D eigenvalue weighted by molar-refractivity contribution is 0.0713.